The molecule has 444 valence electrons. The maximum absolute atomic E-state index is 12.9. The molecule has 0 aromatic rings. The Balaban J connectivity index is 4.20. The number of rotatable bonds is 64. The summed E-state index contributed by atoms with van der Waals surface area (Å²) in [5.74, 6) is -0.842. The van der Waals surface area contributed by atoms with Crippen molar-refractivity contribution < 1.29 is 28.6 Å². The lowest BCUT2D eigenvalue weighted by Gasteiger charge is -2.18. The molecule has 0 rings (SSSR count). The van der Waals surface area contributed by atoms with Crippen molar-refractivity contribution in [2.24, 2.45) is 0 Å². The number of carbonyl (C=O) groups excluding carboxylic acids is 3. The zero-order valence-electron chi connectivity index (χ0n) is 51.1. The summed E-state index contributed by atoms with van der Waals surface area (Å²) >= 11 is 0. The second-order valence-electron chi connectivity index (χ2n) is 23.5. The van der Waals surface area contributed by atoms with Crippen molar-refractivity contribution in [3.8, 4) is 0 Å². The zero-order chi connectivity index (χ0) is 54.3. The van der Waals surface area contributed by atoms with Gasteiger partial charge in [0.1, 0.15) is 13.2 Å². The van der Waals surface area contributed by atoms with Gasteiger partial charge in [0.05, 0.1) is 0 Å². The first kappa shape index (κ1) is 73.2. The highest BCUT2D eigenvalue weighted by Crippen LogP contribution is 2.19. The number of unbranched alkanes of at least 4 members (excludes halogenated alkanes) is 51. The average molecular weight is 1060 g/mol. The first-order valence-corrected chi connectivity index (χ1v) is 34.2. The predicted octanol–water partition coefficient (Wildman–Crippen LogP) is 23.2. The van der Waals surface area contributed by atoms with Crippen LogP contribution >= 0.6 is 0 Å². The quantitative estimate of drug-likeness (QED) is 0.0261. The van der Waals surface area contributed by atoms with E-state index < -0.39 is 6.10 Å². The van der Waals surface area contributed by atoms with E-state index in [0.717, 1.165) is 64.2 Å². The Bertz CT molecular complexity index is 1170. The van der Waals surface area contributed by atoms with Crippen molar-refractivity contribution >= 4 is 17.9 Å². The Morgan fingerprint density at radius 2 is 0.440 bits per heavy atom. The third-order valence-corrected chi connectivity index (χ3v) is 15.8. The number of hydrogen-bond acceptors (Lipinski definition) is 6. The van der Waals surface area contributed by atoms with Gasteiger partial charge in [-0.05, 0) is 44.9 Å². The minimum Gasteiger partial charge on any atom is -0.462 e. The van der Waals surface area contributed by atoms with Crippen LogP contribution < -0.4 is 0 Å². The number of carbonyl (C=O) groups is 3. The first-order valence-electron chi connectivity index (χ1n) is 34.2. The Hall–Kier alpha value is -1.85. The van der Waals surface area contributed by atoms with Gasteiger partial charge in [0.25, 0.3) is 0 Å². The van der Waals surface area contributed by atoms with E-state index in [9.17, 15) is 14.4 Å². The Kier molecular flexibility index (Phi) is 63.1. The number of esters is 3. The van der Waals surface area contributed by atoms with Crippen LogP contribution in [0.5, 0.6) is 0 Å². The summed E-state index contributed by atoms with van der Waals surface area (Å²) in [4.78, 5) is 38.3. The van der Waals surface area contributed by atoms with Crippen LogP contribution in [0.4, 0.5) is 0 Å². The van der Waals surface area contributed by atoms with Gasteiger partial charge < -0.3 is 14.2 Å². The molecule has 0 aromatic carbocycles. The smallest absolute Gasteiger partial charge is 0.306 e. The summed E-state index contributed by atoms with van der Waals surface area (Å²) in [7, 11) is 0. The molecule has 6 nitrogen and oxygen atoms in total. The predicted molar refractivity (Wildman–Crippen MR) is 326 cm³/mol. The zero-order valence-corrected chi connectivity index (χ0v) is 51.1. The SMILES string of the molecule is CCCCCCC/C=C\CCCCCCCC(=O)OCC(COC(=O)CCCCCCCCCCCCCCCCCCCCCCCCCCCC)OC(=O)CCCCCCCCCCCCCCCCCCC. The third kappa shape index (κ3) is 62.9. The lowest BCUT2D eigenvalue weighted by Crippen LogP contribution is -2.30. The molecule has 0 aliphatic carbocycles. The fourth-order valence-electron chi connectivity index (χ4n) is 10.6. The van der Waals surface area contributed by atoms with Crippen LogP contribution in [-0.2, 0) is 28.6 Å². The van der Waals surface area contributed by atoms with E-state index in [1.165, 1.54) is 289 Å². The number of hydrogen-bond donors (Lipinski definition) is 0. The van der Waals surface area contributed by atoms with E-state index in [0.29, 0.717) is 19.3 Å². The van der Waals surface area contributed by atoms with Gasteiger partial charge in [-0.3, -0.25) is 14.4 Å². The Labute approximate surface area is 469 Å². The monoisotopic (exact) mass is 1060 g/mol. The van der Waals surface area contributed by atoms with Crippen molar-refractivity contribution in [2.75, 3.05) is 13.2 Å². The van der Waals surface area contributed by atoms with E-state index in [-0.39, 0.29) is 31.1 Å². The van der Waals surface area contributed by atoms with Crippen molar-refractivity contribution in [3.63, 3.8) is 0 Å². The highest BCUT2D eigenvalue weighted by atomic mass is 16.6. The molecule has 0 aliphatic rings. The topological polar surface area (TPSA) is 78.9 Å². The summed E-state index contributed by atoms with van der Waals surface area (Å²) in [5, 5.41) is 0. The molecule has 0 heterocycles. The van der Waals surface area contributed by atoms with Crippen LogP contribution in [0.1, 0.15) is 393 Å². The lowest BCUT2D eigenvalue weighted by atomic mass is 10.0. The summed E-state index contributed by atoms with van der Waals surface area (Å²) in [5.41, 5.74) is 0. The minimum absolute atomic E-state index is 0.0658. The van der Waals surface area contributed by atoms with E-state index in [1.807, 2.05) is 0 Å². The first-order chi connectivity index (χ1) is 37.0. The van der Waals surface area contributed by atoms with Crippen LogP contribution in [0.3, 0.4) is 0 Å². The van der Waals surface area contributed by atoms with Crippen LogP contribution in [0.2, 0.25) is 0 Å². The lowest BCUT2D eigenvalue weighted by molar-refractivity contribution is -0.167. The summed E-state index contributed by atoms with van der Waals surface area (Å²) < 4.78 is 17.0. The van der Waals surface area contributed by atoms with E-state index >= 15 is 0 Å². The van der Waals surface area contributed by atoms with Crippen LogP contribution in [0, 0.1) is 0 Å². The Morgan fingerprint density at radius 3 is 0.667 bits per heavy atom. The largest absolute Gasteiger partial charge is 0.462 e. The van der Waals surface area contributed by atoms with Gasteiger partial charge in [0, 0.05) is 19.3 Å². The summed E-state index contributed by atoms with van der Waals surface area (Å²) in [6.45, 7) is 6.71. The molecule has 0 radical (unpaired) electrons. The maximum atomic E-state index is 12.9. The molecule has 1 atom stereocenters. The summed E-state index contributed by atoms with van der Waals surface area (Å²) in [6.07, 6.45) is 76.7. The normalized spacial score (nSPS) is 12.0. The van der Waals surface area contributed by atoms with E-state index in [2.05, 4.69) is 32.9 Å². The van der Waals surface area contributed by atoms with E-state index in [1.54, 1.807) is 0 Å². The molecule has 0 N–H and O–H groups in total. The van der Waals surface area contributed by atoms with Crippen molar-refractivity contribution in [2.45, 2.75) is 399 Å². The Morgan fingerprint density at radius 1 is 0.253 bits per heavy atom. The molecule has 0 fully saturated rings. The molecule has 0 amide bonds. The van der Waals surface area contributed by atoms with Gasteiger partial charge in [-0.25, -0.2) is 0 Å². The molecule has 0 saturated carbocycles. The molecule has 0 bridgehead atoms. The van der Waals surface area contributed by atoms with Gasteiger partial charge in [-0.1, -0.05) is 341 Å². The molecule has 0 aromatic heterocycles. The maximum Gasteiger partial charge on any atom is 0.306 e. The molecule has 6 heteroatoms. The van der Waals surface area contributed by atoms with Gasteiger partial charge in [0.2, 0.25) is 0 Å². The number of allylic oxidation sites excluding steroid dienone is 2. The second-order valence-corrected chi connectivity index (χ2v) is 23.5. The van der Waals surface area contributed by atoms with Crippen molar-refractivity contribution in [1.82, 2.24) is 0 Å². The van der Waals surface area contributed by atoms with E-state index in [4.69, 9.17) is 14.2 Å². The average Bonchev–Trinajstić information content (AvgIpc) is 3.41. The highest BCUT2D eigenvalue weighted by Gasteiger charge is 2.19. The molecular formula is C69H132O6. The molecular weight excluding hydrogens is 925 g/mol. The minimum atomic E-state index is -0.769. The van der Waals surface area contributed by atoms with Crippen LogP contribution in [0.15, 0.2) is 12.2 Å². The standard InChI is InChI=1S/C69H132O6/c1-4-7-10-13-16-19-22-25-28-30-31-32-33-34-35-36-37-38-40-41-44-47-50-53-56-59-62-68(71)74-65-66(64-73-67(70)61-58-55-52-49-46-43-27-24-21-18-15-12-9-6-3)75-69(72)63-60-57-54-51-48-45-42-39-29-26-23-20-17-14-11-8-5-2/h24,27,66H,4-23,25-26,28-65H2,1-3H3/b27-24-. The molecule has 0 spiro atoms. The second kappa shape index (κ2) is 64.7. The highest BCUT2D eigenvalue weighted by molar-refractivity contribution is 5.71. The van der Waals surface area contributed by atoms with Gasteiger partial charge in [0.15, 0.2) is 6.10 Å². The van der Waals surface area contributed by atoms with Gasteiger partial charge in [-0.2, -0.15) is 0 Å². The third-order valence-electron chi connectivity index (χ3n) is 15.8. The fraction of sp³-hybridized carbons (Fsp3) is 0.928. The van der Waals surface area contributed by atoms with Gasteiger partial charge >= 0.3 is 17.9 Å². The molecule has 75 heavy (non-hydrogen) atoms. The molecule has 1 unspecified atom stereocenters. The van der Waals surface area contributed by atoms with Crippen molar-refractivity contribution in [1.29, 1.82) is 0 Å². The fourth-order valence-corrected chi connectivity index (χ4v) is 10.6. The van der Waals surface area contributed by atoms with Gasteiger partial charge in [-0.15, -0.1) is 0 Å². The summed E-state index contributed by atoms with van der Waals surface area (Å²) in [6, 6.07) is 0. The number of ether oxygens (including phenoxy) is 3. The van der Waals surface area contributed by atoms with Crippen molar-refractivity contribution in [3.05, 3.63) is 12.2 Å². The molecule has 0 aliphatic heterocycles. The van der Waals surface area contributed by atoms with Crippen LogP contribution in [-0.4, -0.2) is 37.2 Å². The van der Waals surface area contributed by atoms with Crippen LogP contribution in [0.25, 0.3) is 0 Å². The molecule has 0 saturated heterocycles.